The van der Waals surface area contributed by atoms with E-state index in [9.17, 15) is 19.5 Å². The van der Waals surface area contributed by atoms with E-state index < -0.39 is 23.5 Å². The molecule has 1 heterocycles. The maximum Gasteiger partial charge on any atom is 0.357 e. The fourth-order valence-corrected chi connectivity index (χ4v) is 3.31. The van der Waals surface area contributed by atoms with E-state index in [0.29, 0.717) is 5.69 Å². The summed E-state index contributed by atoms with van der Waals surface area (Å²) in [6, 6.07) is 18.4. The lowest BCUT2D eigenvalue weighted by Gasteiger charge is -2.16. The Balaban J connectivity index is 1.76. The minimum absolute atomic E-state index is 0.199. The highest BCUT2D eigenvalue weighted by Crippen LogP contribution is 2.24. The molecule has 0 aliphatic carbocycles. The van der Waals surface area contributed by atoms with Gasteiger partial charge in [-0.15, -0.1) is 0 Å². The van der Waals surface area contributed by atoms with Gasteiger partial charge < -0.3 is 10.4 Å². The molecule has 29 heavy (non-hydrogen) atoms. The molecule has 7 nitrogen and oxygen atoms in total. The minimum Gasteiger partial charge on any atom is -0.476 e. The molecular formula is C22H17N3O4. The lowest BCUT2D eigenvalue weighted by molar-refractivity contribution is -0.119. The van der Waals surface area contributed by atoms with Gasteiger partial charge in [0, 0.05) is 16.5 Å². The first-order valence-electron chi connectivity index (χ1n) is 9.01. The van der Waals surface area contributed by atoms with Crippen molar-refractivity contribution in [3.05, 3.63) is 82.8 Å². The van der Waals surface area contributed by atoms with E-state index in [1.807, 2.05) is 36.4 Å². The Kier molecular flexibility index (Phi) is 4.56. The third-order valence-electron chi connectivity index (χ3n) is 4.82. The van der Waals surface area contributed by atoms with Crippen molar-refractivity contribution in [2.45, 2.75) is 13.0 Å². The van der Waals surface area contributed by atoms with Crippen LogP contribution in [0.5, 0.6) is 0 Å². The van der Waals surface area contributed by atoms with Crippen molar-refractivity contribution in [1.29, 1.82) is 0 Å². The molecular weight excluding hydrogens is 370 g/mol. The number of rotatable bonds is 4. The molecule has 1 atom stereocenters. The second-order valence-electron chi connectivity index (χ2n) is 6.64. The molecule has 0 aliphatic rings. The molecule has 4 rings (SSSR count). The van der Waals surface area contributed by atoms with Crippen molar-refractivity contribution in [3.8, 4) is 0 Å². The van der Waals surface area contributed by atoms with E-state index in [1.54, 1.807) is 18.2 Å². The minimum atomic E-state index is -1.27. The molecule has 0 saturated carbocycles. The average Bonchev–Trinajstić information content (AvgIpc) is 2.73. The summed E-state index contributed by atoms with van der Waals surface area (Å²) in [5.74, 6) is -1.74. The third kappa shape index (κ3) is 3.23. The number of aromatic nitrogens is 2. The molecule has 2 N–H and O–H groups in total. The maximum atomic E-state index is 12.9. The quantitative estimate of drug-likeness (QED) is 0.558. The van der Waals surface area contributed by atoms with Crippen LogP contribution in [0.4, 0.5) is 5.69 Å². The number of hydrogen-bond acceptors (Lipinski definition) is 4. The van der Waals surface area contributed by atoms with Crippen molar-refractivity contribution in [1.82, 2.24) is 9.78 Å². The normalized spacial score (nSPS) is 12.0. The van der Waals surface area contributed by atoms with Gasteiger partial charge in [-0.05, 0) is 24.4 Å². The van der Waals surface area contributed by atoms with Crippen LogP contribution in [-0.2, 0) is 4.79 Å². The van der Waals surface area contributed by atoms with Crippen LogP contribution in [0.2, 0.25) is 0 Å². The summed E-state index contributed by atoms with van der Waals surface area (Å²) >= 11 is 0. The van der Waals surface area contributed by atoms with Crippen LogP contribution in [0.1, 0.15) is 23.5 Å². The largest absolute Gasteiger partial charge is 0.476 e. The van der Waals surface area contributed by atoms with Gasteiger partial charge in [-0.25, -0.2) is 9.48 Å². The fourth-order valence-electron chi connectivity index (χ4n) is 3.31. The van der Waals surface area contributed by atoms with Gasteiger partial charge in [0.05, 0.1) is 5.39 Å². The highest BCUT2D eigenvalue weighted by atomic mass is 16.4. The first-order chi connectivity index (χ1) is 14.0. The number of anilines is 1. The molecule has 7 heteroatoms. The SMILES string of the molecule is CC(C(=O)Nc1cccc2ccccc12)n1nc(C(=O)O)c2ccccc2c1=O. The third-order valence-corrected chi connectivity index (χ3v) is 4.82. The highest BCUT2D eigenvalue weighted by molar-refractivity contribution is 6.04. The van der Waals surface area contributed by atoms with Gasteiger partial charge in [-0.2, -0.15) is 5.10 Å². The Morgan fingerprint density at radius 3 is 2.28 bits per heavy atom. The number of amides is 1. The predicted octanol–water partition coefficient (Wildman–Crippen LogP) is 3.45. The van der Waals surface area contributed by atoms with Crippen molar-refractivity contribution >= 4 is 39.1 Å². The van der Waals surface area contributed by atoms with Crippen molar-refractivity contribution in [3.63, 3.8) is 0 Å². The Morgan fingerprint density at radius 1 is 0.931 bits per heavy atom. The van der Waals surface area contributed by atoms with E-state index >= 15 is 0 Å². The first-order valence-corrected chi connectivity index (χ1v) is 9.01. The Bertz CT molecular complexity index is 1320. The second-order valence-corrected chi connectivity index (χ2v) is 6.64. The molecule has 144 valence electrons. The predicted molar refractivity (Wildman–Crippen MR) is 110 cm³/mol. The number of benzene rings is 3. The number of carboxylic acids is 1. The maximum absolute atomic E-state index is 12.9. The van der Waals surface area contributed by atoms with E-state index in [2.05, 4.69) is 10.4 Å². The zero-order valence-electron chi connectivity index (χ0n) is 15.5. The summed E-state index contributed by atoms with van der Waals surface area (Å²) in [4.78, 5) is 37.3. The van der Waals surface area contributed by atoms with E-state index in [-0.39, 0.29) is 16.5 Å². The number of carbonyl (C=O) groups is 2. The summed E-state index contributed by atoms with van der Waals surface area (Å²) in [6.45, 7) is 1.51. The standard InChI is InChI=1S/C22H17N3O4/c1-13(20(26)23-18-12-6-8-14-7-2-3-9-15(14)18)25-21(27)17-11-5-4-10-16(17)19(24-25)22(28)29/h2-13H,1H3,(H,23,26)(H,28,29). The number of nitrogens with zero attached hydrogens (tertiary/aromatic N) is 2. The van der Waals surface area contributed by atoms with Crippen molar-refractivity contribution in [2.24, 2.45) is 0 Å². The zero-order valence-corrected chi connectivity index (χ0v) is 15.5. The molecule has 1 aromatic heterocycles. The lowest BCUT2D eigenvalue weighted by atomic mass is 10.1. The van der Waals surface area contributed by atoms with Crippen LogP contribution in [0.15, 0.2) is 71.5 Å². The number of hydrogen-bond donors (Lipinski definition) is 2. The zero-order chi connectivity index (χ0) is 20.5. The molecule has 1 unspecified atom stereocenters. The Labute approximate surface area is 165 Å². The molecule has 0 saturated heterocycles. The fraction of sp³-hybridized carbons (Fsp3) is 0.0909. The number of nitrogens with one attached hydrogen (secondary N) is 1. The van der Waals surface area contributed by atoms with E-state index in [4.69, 9.17) is 0 Å². The van der Waals surface area contributed by atoms with Crippen molar-refractivity contribution < 1.29 is 14.7 Å². The monoisotopic (exact) mass is 387 g/mol. The van der Waals surface area contributed by atoms with Crippen LogP contribution < -0.4 is 10.9 Å². The van der Waals surface area contributed by atoms with Crippen LogP contribution in [0.25, 0.3) is 21.5 Å². The summed E-state index contributed by atoms with van der Waals surface area (Å²) in [5, 5.41) is 18.5. The molecule has 0 bridgehead atoms. The number of fused-ring (bicyclic) bond motifs is 2. The first kappa shape index (κ1) is 18.4. The molecule has 4 aromatic rings. The van der Waals surface area contributed by atoms with Gasteiger partial charge in [0.1, 0.15) is 6.04 Å². The number of carbonyl (C=O) groups excluding carboxylic acids is 1. The van der Waals surface area contributed by atoms with Crippen molar-refractivity contribution in [2.75, 3.05) is 5.32 Å². The molecule has 0 spiro atoms. The lowest BCUT2D eigenvalue weighted by Crippen LogP contribution is -2.34. The molecule has 1 amide bonds. The summed E-state index contributed by atoms with van der Waals surface area (Å²) in [6.07, 6.45) is 0. The van der Waals surface area contributed by atoms with Crippen LogP contribution in [-0.4, -0.2) is 26.8 Å². The smallest absolute Gasteiger partial charge is 0.357 e. The van der Waals surface area contributed by atoms with Gasteiger partial charge in [0.25, 0.3) is 5.56 Å². The Morgan fingerprint density at radius 2 is 1.55 bits per heavy atom. The highest BCUT2D eigenvalue weighted by Gasteiger charge is 2.23. The van der Waals surface area contributed by atoms with Crippen LogP contribution in [0, 0.1) is 0 Å². The van der Waals surface area contributed by atoms with Gasteiger partial charge in [-0.1, -0.05) is 54.6 Å². The van der Waals surface area contributed by atoms with Crippen LogP contribution >= 0.6 is 0 Å². The molecule has 0 aliphatic heterocycles. The second kappa shape index (κ2) is 7.20. The topological polar surface area (TPSA) is 101 Å². The van der Waals surface area contributed by atoms with Crippen LogP contribution in [0.3, 0.4) is 0 Å². The van der Waals surface area contributed by atoms with Gasteiger partial charge in [0.15, 0.2) is 5.69 Å². The number of carboxylic acid groups (broad SMARTS) is 1. The summed E-state index contributed by atoms with van der Waals surface area (Å²) in [5.41, 5.74) is -0.191. The summed E-state index contributed by atoms with van der Waals surface area (Å²) in [7, 11) is 0. The molecule has 0 fully saturated rings. The van der Waals surface area contributed by atoms with E-state index in [1.165, 1.54) is 19.1 Å². The van der Waals surface area contributed by atoms with E-state index in [0.717, 1.165) is 15.5 Å². The van der Waals surface area contributed by atoms with Gasteiger partial charge in [0.2, 0.25) is 5.91 Å². The Hall–Kier alpha value is -4.00. The summed E-state index contributed by atoms with van der Waals surface area (Å²) < 4.78 is 0.923. The molecule has 3 aromatic carbocycles. The van der Waals surface area contributed by atoms with Gasteiger partial charge >= 0.3 is 5.97 Å². The average molecular weight is 387 g/mol. The van der Waals surface area contributed by atoms with Gasteiger partial charge in [-0.3, -0.25) is 9.59 Å². The number of aromatic carboxylic acids is 1. The molecule has 0 radical (unpaired) electrons.